The third kappa shape index (κ3) is 4.76. The van der Waals surface area contributed by atoms with E-state index in [1.54, 1.807) is 20.8 Å². The molecule has 1 saturated carbocycles. The van der Waals surface area contributed by atoms with Crippen molar-refractivity contribution in [2.24, 2.45) is 5.92 Å². The molecule has 1 aromatic heterocycles. The second kappa shape index (κ2) is 7.36. The predicted octanol–water partition coefficient (Wildman–Crippen LogP) is 4.78. The van der Waals surface area contributed by atoms with E-state index in [9.17, 15) is 18.0 Å². The lowest BCUT2D eigenvalue weighted by Gasteiger charge is -2.31. The van der Waals surface area contributed by atoms with Crippen LogP contribution in [-0.4, -0.2) is 32.9 Å². The topological polar surface area (TPSA) is 47.4 Å². The monoisotopic (exact) mass is 387 g/mol. The number of alkyl halides is 3. The van der Waals surface area contributed by atoms with Gasteiger partial charge in [-0.3, -0.25) is 4.68 Å². The Bertz CT molecular complexity index is 686. The molecule has 0 bridgehead atoms. The molecule has 152 valence electrons. The van der Waals surface area contributed by atoms with Gasteiger partial charge < -0.3 is 9.64 Å². The fraction of sp³-hybridized carbons (Fsp3) is 0.789. The number of hydrogen-bond acceptors (Lipinski definition) is 3. The molecule has 3 rings (SSSR count). The van der Waals surface area contributed by atoms with Crippen molar-refractivity contribution in [1.82, 2.24) is 14.7 Å². The number of aromatic nitrogens is 2. The molecule has 2 aliphatic rings. The van der Waals surface area contributed by atoms with Crippen molar-refractivity contribution in [3.05, 3.63) is 17.0 Å². The average molecular weight is 387 g/mol. The summed E-state index contributed by atoms with van der Waals surface area (Å²) in [7, 11) is 0. The molecule has 0 saturated heterocycles. The van der Waals surface area contributed by atoms with Crippen molar-refractivity contribution in [2.45, 2.75) is 84.2 Å². The highest BCUT2D eigenvalue weighted by Crippen LogP contribution is 2.36. The third-order valence-corrected chi connectivity index (χ3v) is 5.21. The van der Waals surface area contributed by atoms with Gasteiger partial charge in [-0.25, -0.2) is 4.79 Å². The van der Waals surface area contributed by atoms with Crippen molar-refractivity contribution >= 4 is 6.09 Å². The van der Waals surface area contributed by atoms with Gasteiger partial charge in [-0.15, -0.1) is 0 Å². The SMILES string of the molecule is CC(C)(C)OC(=O)N1CCc2c(C(F)(F)F)nn(CC3CCCCC3)c2C1. The van der Waals surface area contributed by atoms with E-state index in [1.165, 1.54) is 16.0 Å². The van der Waals surface area contributed by atoms with Gasteiger partial charge in [0.1, 0.15) is 5.60 Å². The van der Waals surface area contributed by atoms with Crippen LogP contribution in [0, 0.1) is 5.92 Å². The first-order valence-corrected chi connectivity index (χ1v) is 9.68. The smallest absolute Gasteiger partial charge is 0.435 e. The van der Waals surface area contributed by atoms with Gasteiger partial charge in [0, 0.05) is 18.7 Å². The van der Waals surface area contributed by atoms with Crippen molar-refractivity contribution in [1.29, 1.82) is 0 Å². The summed E-state index contributed by atoms with van der Waals surface area (Å²) in [5.74, 6) is 0.348. The Morgan fingerprint density at radius 1 is 1.19 bits per heavy atom. The highest BCUT2D eigenvalue weighted by Gasteiger charge is 2.41. The van der Waals surface area contributed by atoms with Crippen LogP contribution in [0.4, 0.5) is 18.0 Å². The molecule has 1 fully saturated rings. The molecule has 8 heteroatoms. The van der Waals surface area contributed by atoms with Gasteiger partial charge in [0.15, 0.2) is 5.69 Å². The molecule has 0 unspecified atom stereocenters. The van der Waals surface area contributed by atoms with Gasteiger partial charge >= 0.3 is 12.3 Å². The molecule has 0 spiro atoms. The number of fused-ring (bicyclic) bond motifs is 1. The molecule has 27 heavy (non-hydrogen) atoms. The number of carbonyl (C=O) groups excluding carboxylic acids is 1. The summed E-state index contributed by atoms with van der Waals surface area (Å²) in [5, 5.41) is 3.94. The maximum Gasteiger partial charge on any atom is 0.435 e. The molecule has 1 aromatic rings. The molecular formula is C19H28F3N3O2. The van der Waals surface area contributed by atoms with Crippen LogP contribution in [0.2, 0.25) is 0 Å². The van der Waals surface area contributed by atoms with E-state index in [0.29, 0.717) is 18.2 Å². The molecule has 0 atom stereocenters. The Kier molecular flexibility index (Phi) is 5.45. The van der Waals surface area contributed by atoms with Crippen LogP contribution in [-0.2, 0) is 30.4 Å². The van der Waals surface area contributed by atoms with Crippen LogP contribution in [0.1, 0.15) is 69.8 Å². The van der Waals surface area contributed by atoms with Crippen LogP contribution in [0.25, 0.3) is 0 Å². The summed E-state index contributed by atoms with van der Waals surface area (Å²) in [6, 6.07) is 0. The lowest BCUT2D eigenvalue weighted by molar-refractivity contribution is -0.142. The predicted molar refractivity (Wildman–Crippen MR) is 94.2 cm³/mol. The number of amides is 1. The molecular weight excluding hydrogens is 359 g/mol. The molecule has 5 nitrogen and oxygen atoms in total. The van der Waals surface area contributed by atoms with E-state index in [0.717, 1.165) is 25.7 Å². The Hall–Kier alpha value is -1.73. The number of hydrogen-bond donors (Lipinski definition) is 0. The Labute approximate surface area is 157 Å². The number of rotatable bonds is 2. The zero-order valence-corrected chi connectivity index (χ0v) is 16.2. The van der Waals surface area contributed by atoms with E-state index in [-0.39, 0.29) is 25.1 Å². The van der Waals surface area contributed by atoms with Gasteiger partial charge in [0.05, 0.1) is 12.2 Å². The van der Waals surface area contributed by atoms with E-state index in [1.807, 2.05) is 0 Å². The largest absolute Gasteiger partial charge is 0.444 e. The van der Waals surface area contributed by atoms with Crippen molar-refractivity contribution < 1.29 is 22.7 Å². The highest BCUT2D eigenvalue weighted by molar-refractivity contribution is 5.68. The number of halogens is 3. The zero-order valence-electron chi connectivity index (χ0n) is 16.2. The van der Waals surface area contributed by atoms with Gasteiger partial charge in [0.2, 0.25) is 0 Å². The van der Waals surface area contributed by atoms with Gasteiger partial charge in [-0.05, 0) is 46.0 Å². The Balaban J connectivity index is 1.85. The highest BCUT2D eigenvalue weighted by atomic mass is 19.4. The Morgan fingerprint density at radius 3 is 2.44 bits per heavy atom. The first-order chi connectivity index (χ1) is 12.5. The van der Waals surface area contributed by atoms with Crippen LogP contribution in [0.15, 0.2) is 0 Å². The molecule has 1 aliphatic carbocycles. The first kappa shape index (κ1) is 20.0. The van der Waals surface area contributed by atoms with Crippen LogP contribution >= 0.6 is 0 Å². The second-order valence-corrected chi connectivity index (χ2v) is 8.61. The molecule has 1 aliphatic heterocycles. The third-order valence-electron chi connectivity index (χ3n) is 5.21. The minimum Gasteiger partial charge on any atom is -0.444 e. The quantitative estimate of drug-likeness (QED) is 0.734. The normalized spacial score (nSPS) is 19.1. The average Bonchev–Trinajstić information content (AvgIpc) is 2.92. The molecule has 2 heterocycles. The second-order valence-electron chi connectivity index (χ2n) is 8.61. The molecule has 0 N–H and O–H groups in total. The summed E-state index contributed by atoms with van der Waals surface area (Å²) < 4.78 is 47.3. The van der Waals surface area contributed by atoms with Gasteiger partial charge in [-0.2, -0.15) is 18.3 Å². The number of carbonyl (C=O) groups is 1. The van der Waals surface area contributed by atoms with E-state index in [2.05, 4.69) is 5.10 Å². The van der Waals surface area contributed by atoms with Crippen molar-refractivity contribution in [3.8, 4) is 0 Å². The fourth-order valence-electron chi connectivity index (χ4n) is 3.96. The first-order valence-electron chi connectivity index (χ1n) is 9.68. The maximum absolute atomic E-state index is 13.5. The minimum absolute atomic E-state index is 0.111. The van der Waals surface area contributed by atoms with Crippen molar-refractivity contribution in [2.75, 3.05) is 6.54 Å². The lowest BCUT2D eigenvalue weighted by atomic mass is 9.89. The molecule has 0 radical (unpaired) electrons. The standard InChI is InChI=1S/C19H28F3N3O2/c1-18(2,3)27-17(26)24-10-9-14-15(12-24)25(23-16(14)19(20,21)22)11-13-7-5-4-6-8-13/h13H,4-12H2,1-3H3. The molecule has 0 aromatic carbocycles. The number of nitrogens with zero attached hydrogens (tertiary/aromatic N) is 3. The van der Waals surface area contributed by atoms with E-state index >= 15 is 0 Å². The maximum atomic E-state index is 13.5. The van der Waals surface area contributed by atoms with Crippen LogP contribution in [0.5, 0.6) is 0 Å². The summed E-state index contributed by atoms with van der Waals surface area (Å²) >= 11 is 0. The lowest BCUT2D eigenvalue weighted by Crippen LogP contribution is -2.40. The number of ether oxygens (including phenoxy) is 1. The van der Waals surface area contributed by atoms with E-state index < -0.39 is 23.6 Å². The zero-order chi connectivity index (χ0) is 19.8. The van der Waals surface area contributed by atoms with Crippen LogP contribution in [0.3, 0.4) is 0 Å². The molecule has 1 amide bonds. The van der Waals surface area contributed by atoms with Gasteiger partial charge in [0.25, 0.3) is 0 Å². The van der Waals surface area contributed by atoms with Gasteiger partial charge in [-0.1, -0.05) is 19.3 Å². The van der Waals surface area contributed by atoms with Crippen molar-refractivity contribution in [3.63, 3.8) is 0 Å². The fourth-order valence-corrected chi connectivity index (χ4v) is 3.96. The minimum atomic E-state index is -4.48. The van der Waals surface area contributed by atoms with E-state index in [4.69, 9.17) is 4.74 Å². The summed E-state index contributed by atoms with van der Waals surface area (Å²) in [6.07, 6.45) is 0.636. The summed E-state index contributed by atoms with van der Waals surface area (Å²) in [5.41, 5.74) is -0.697. The van der Waals surface area contributed by atoms with Crippen LogP contribution < -0.4 is 0 Å². The summed E-state index contributed by atoms with van der Waals surface area (Å²) in [4.78, 5) is 13.9. The summed E-state index contributed by atoms with van der Waals surface area (Å²) in [6.45, 7) is 6.13. The Morgan fingerprint density at radius 2 is 1.85 bits per heavy atom.